The molecular formula is C11H9I2NO3. The molecule has 2 rings (SSSR count). The molecule has 1 atom stereocenters. The monoisotopic (exact) mass is 457 g/mol. The van der Waals surface area contributed by atoms with Gasteiger partial charge in [-0.05, 0) is 64.2 Å². The first-order valence-electron chi connectivity index (χ1n) is 4.87. The van der Waals surface area contributed by atoms with Gasteiger partial charge in [0.1, 0.15) is 5.78 Å². The predicted molar refractivity (Wildman–Crippen MR) is 79.7 cm³/mol. The summed E-state index contributed by atoms with van der Waals surface area (Å²) in [7, 11) is 0. The van der Waals surface area contributed by atoms with E-state index in [1.807, 2.05) is 6.07 Å². The molecule has 0 unspecified atom stereocenters. The Kier molecular flexibility index (Phi) is 3.47. The van der Waals surface area contributed by atoms with Crippen molar-refractivity contribution in [1.29, 1.82) is 0 Å². The lowest BCUT2D eigenvalue weighted by Crippen LogP contribution is -2.36. The number of Topliss-reactive ketones (excluding diaryl/α,β-unsaturated/α-hetero) is 1. The fraction of sp³-hybridized carbons (Fsp3) is 0.273. The van der Waals surface area contributed by atoms with Crippen LogP contribution in [0.15, 0.2) is 12.1 Å². The van der Waals surface area contributed by atoms with Gasteiger partial charge in [-0.15, -0.1) is 0 Å². The second-order valence-electron chi connectivity index (χ2n) is 4.00. The van der Waals surface area contributed by atoms with Gasteiger partial charge in [0.05, 0.1) is 0 Å². The van der Waals surface area contributed by atoms with Crippen molar-refractivity contribution < 1.29 is 14.7 Å². The first kappa shape index (κ1) is 13.2. The Morgan fingerprint density at radius 3 is 2.71 bits per heavy atom. The Bertz CT molecular complexity index is 530. The van der Waals surface area contributed by atoms with E-state index in [1.54, 1.807) is 6.07 Å². The van der Waals surface area contributed by atoms with Crippen LogP contribution in [-0.2, 0) is 15.2 Å². The number of benzene rings is 1. The molecule has 1 aromatic carbocycles. The highest BCUT2D eigenvalue weighted by molar-refractivity contribution is 14.1. The highest BCUT2D eigenvalue weighted by Gasteiger charge is 2.47. The number of halogens is 2. The zero-order valence-corrected chi connectivity index (χ0v) is 13.2. The average molecular weight is 457 g/mol. The Hall–Kier alpha value is -0.220. The fourth-order valence-corrected chi connectivity index (χ4v) is 4.25. The molecule has 0 spiro atoms. The molecule has 1 aliphatic heterocycles. The molecule has 0 bridgehead atoms. The summed E-state index contributed by atoms with van der Waals surface area (Å²) >= 11 is 4.20. The summed E-state index contributed by atoms with van der Waals surface area (Å²) in [6, 6.07) is 3.65. The maximum atomic E-state index is 11.8. The molecule has 17 heavy (non-hydrogen) atoms. The predicted octanol–water partition coefficient (Wildman–Crippen LogP) is 2.01. The third-order valence-corrected chi connectivity index (χ3v) is 4.07. The van der Waals surface area contributed by atoms with E-state index in [-0.39, 0.29) is 12.2 Å². The van der Waals surface area contributed by atoms with Crippen molar-refractivity contribution >= 4 is 62.6 Å². The third-order valence-electron chi connectivity index (χ3n) is 2.60. The van der Waals surface area contributed by atoms with E-state index < -0.39 is 11.5 Å². The highest BCUT2D eigenvalue weighted by Crippen LogP contribution is 2.42. The van der Waals surface area contributed by atoms with E-state index >= 15 is 0 Å². The number of nitrogens with one attached hydrogen (secondary N) is 1. The molecule has 4 nitrogen and oxygen atoms in total. The number of carbonyl (C=O) groups excluding carboxylic acids is 2. The van der Waals surface area contributed by atoms with Crippen molar-refractivity contribution in [2.75, 3.05) is 5.32 Å². The standard InChI is InChI=1S/C11H9I2NO3/c1-5(15)4-11(17)9-7(13)2-6(12)3-8(9)14-10(11)16/h2-3,17H,4H2,1H3,(H,14,16)/t11-/m1/s1. The summed E-state index contributed by atoms with van der Waals surface area (Å²) in [6.07, 6.45) is -0.192. The van der Waals surface area contributed by atoms with E-state index in [4.69, 9.17) is 0 Å². The van der Waals surface area contributed by atoms with Crippen molar-refractivity contribution in [2.24, 2.45) is 0 Å². The van der Waals surface area contributed by atoms with E-state index in [0.29, 0.717) is 11.3 Å². The van der Waals surface area contributed by atoms with E-state index in [0.717, 1.165) is 7.14 Å². The second kappa shape index (κ2) is 4.47. The van der Waals surface area contributed by atoms with Crippen LogP contribution in [0, 0.1) is 7.14 Å². The van der Waals surface area contributed by atoms with Crippen LogP contribution in [0.3, 0.4) is 0 Å². The number of rotatable bonds is 2. The van der Waals surface area contributed by atoms with Crippen LogP contribution in [0.4, 0.5) is 5.69 Å². The maximum absolute atomic E-state index is 11.8. The Labute approximate surface area is 125 Å². The maximum Gasteiger partial charge on any atom is 0.261 e. The molecule has 1 amide bonds. The smallest absolute Gasteiger partial charge is 0.261 e. The number of hydrogen-bond acceptors (Lipinski definition) is 3. The zero-order chi connectivity index (χ0) is 12.8. The van der Waals surface area contributed by atoms with Gasteiger partial charge < -0.3 is 10.4 Å². The lowest BCUT2D eigenvalue weighted by Gasteiger charge is -2.20. The van der Waals surface area contributed by atoms with Crippen LogP contribution < -0.4 is 5.32 Å². The summed E-state index contributed by atoms with van der Waals surface area (Å²) in [6.45, 7) is 1.36. The molecule has 0 saturated carbocycles. The topological polar surface area (TPSA) is 66.4 Å². The van der Waals surface area contributed by atoms with E-state index in [9.17, 15) is 14.7 Å². The highest BCUT2D eigenvalue weighted by atomic mass is 127. The second-order valence-corrected chi connectivity index (χ2v) is 6.41. The zero-order valence-electron chi connectivity index (χ0n) is 8.88. The summed E-state index contributed by atoms with van der Waals surface area (Å²) < 4.78 is 1.75. The van der Waals surface area contributed by atoms with Gasteiger partial charge in [-0.3, -0.25) is 9.59 Å². The van der Waals surface area contributed by atoms with Crippen LogP contribution in [0.5, 0.6) is 0 Å². The molecular weight excluding hydrogens is 448 g/mol. The van der Waals surface area contributed by atoms with Gasteiger partial charge in [0.15, 0.2) is 5.60 Å². The normalized spacial score (nSPS) is 22.2. The van der Waals surface area contributed by atoms with Crippen molar-refractivity contribution in [1.82, 2.24) is 0 Å². The Morgan fingerprint density at radius 1 is 1.47 bits per heavy atom. The summed E-state index contributed by atoms with van der Waals surface area (Å²) in [5.74, 6) is -0.743. The van der Waals surface area contributed by atoms with Gasteiger partial charge in [0.2, 0.25) is 0 Å². The molecule has 0 radical (unpaired) electrons. The van der Waals surface area contributed by atoms with Crippen LogP contribution in [0.1, 0.15) is 18.9 Å². The Morgan fingerprint density at radius 2 is 2.12 bits per heavy atom. The molecule has 1 heterocycles. The van der Waals surface area contributed by atoms with Gasteiger partial charge in [-0.2, -0.15) is 0 Å². The first-order chi connectivity index (χ1) is 7.84. The average Bonchev–Trinajstić information content (AvgIpc) is 2.36. The van der Waals surface area contributed by atoms with Crippen molar-refractivity contribution in [3.05, 3.63) is 24.8 Å². The minimum atomic E-state index is -1.72. The van der Waals surface area contributed by atoms with Gasteiger partial charge in [0, 0.05) is 24.8 Å². The fourth-order valence-electron chi connectivity index (χ4n) is 1.96. The lowest BCUT2D eigenvalue weighted by atomic mass is 9.90. The lowest BCUT2D eigenvalue weighted by molar-refractivity contribution is -0.139. The molecule has 90 valence electrons. The van der Waals surface area contributed by atoms with Crippen LogP contribution in [0.2, 0.25) is 0 Å². The molecule has 1 aliphatic rings. The summed E-state index contributed by atoms with van der Waals surface area (Å²) in [4.78, 5) is 23.0. The molecule has 6 heteroatoms. The van der Waals surface area contributed by atoms with Crippen LogP contribution in [-0.4, -0.2) is 16.8 Å². The molecule has 0 saturated heterocycles. The number of anilines is 1. The molecule has 0 fully saturated rings. The van der Waals surface area contributed by atoms with Crippen LogP contribution >= 0.6 is 45.2 Å². The molecule has 1 aromatic rings. The molecule has 0 aliphatic carbocycles. The largest absolute Gasteiger partial charge is 0.375 e. The van der Waals surface area contributed by atoms with E-state index in [2.05, 4.69) is 50.5 Å². The third kappa shape index (κ3) is 2.22. The first-order valence-corrected chi connectivity index (χ1v) is 7.03. The van der Waals surface area contributed by atoms with Crippen molar-refractivity contribution in [3.8, 4) is 0 Å². The number of hydrogen-bond donors (Lipinski definition) is 2. The molecule has 0 aromatic heterocycles. The van der Waals surface area contributed by atoms with Gasteiger partial charge >= 0.3 is 0 Å². The van der Waals surface area contributed by atoms with Crippen LogP contribution in [0.25, 0.3) is 0 Å². The minimum Gasteiger partial charge on any atom is -0.375 e. The van der Waals surface area contributed by atoms with Crippen molar-refractivity contribution in [3.63, 3.8) is 0 Å². The van der Waals surface area contributed by atoms with Gasteiger partial charge in [-0.25, -0.2) is 0 Å². The SMILES string of the molecule is CC(=O)C[C@]1(O)C(=O)Nc2cc(I)cc(I)c21. The quantitative estimate of drug-likeness (QED) is 0.669. The van der Waals surface area contributed by atoms with Gasteiger partial charge in [0.25, 0.3) is 5.91 Å². The van der Waals surface area contributed by atoms with Crippen molar-refractivity contribution in [2.45, 2.75) is 18.9 Å². The minimum absolute atomic E-state index is 0.192. The number of fused-ring (bicyclic) bond motifs is 1. The molecule has 2 N–H and O–H groups in total. The number of carbonyl (C=O) groups is 2. The number of ketones is 1. The number of amides is 1. The Balaban J connectivity index is 2.61. The van der Waals surface area contributed by atoms with E-state index in [1.165, 1.54) is 6.92 Å². The summed E-state index contributed by atoms with van der Waals surface area (Å²) in [5.41, 5.74) is -0.615. The van der Waals surface area contributed by atoms with Gasteiger partial charge in [-0.1, -0.05) is 0 Å². The summed E-state index contributed by atoms with van der Waals surface area (Å²) in [5, 5.41) is 13.0. The number of aliphatic hydroxyl groups is 1.